The molecule has 6 heteroatoms. The summed E-state index contributed by atoms with van der Waals surface area (Å²) in [5.74, 6) is 0.367. The van der Waals surface area contributed by atoms with Crippen LogP contribution in [-0.2, 0) is 9.59 Å². The number of nitrogen functional groups attached to an aromatic ring is 1. The van der Waals surface area contributed by atoms with Crippen molar-refractivity contribution in [1.82, 2.24) is 4.90 Å². The standard InChI is InChI=1S/C16H21N3O3/c1-11-16(21)19(10-15(20)18-7-3-2-4-8-18)13-9-12(17)5-6-14(13)22-11/h5-6,9,11H,2-4,7-8,10,17H2,1H3. The molecule has 1 atom stereocenters. The third-order valence-electron chi connectivity index (χ3n) is 4.19. The lowest BCUT2D eigenvalue weighted by Gasteiger charge is -2.35. The van der Waals surface area contributed by atoms with Crippen LogP contribution in [0.25, 0.3) is 0 Å². The number of anilines is 2. The maximum absolute atomic E-state index is 12.5. The van der Waals surface area contributed by atoms with Gasteiger partial charge in [-0.05, 0) is 44.4 Å². The molecule has 0 radical (unpaired) electrons. The number of hydrogen-bond acceptors (Lipinski definition) is 4. The van der Waals surface area contributed by atoms with Gasteiger partial charge in [0.15, 0.2) is 6.10 Å². The second-order valence-electron chi connectivity index (χ2n) is 5.85. The van der Waals surface area contributed by atoms with Crippen LogP contribution in [0.3, 0.4) is 0 Å². The van der Waals surface area contributed by atoms with Gasteiger partial charge < -0.3 is 15.4 Å². The number of hydrogen-bond donors (Lipinski definition) is 1. The molecule has 1 fully saturated rings. The Morgan fingerprint density at radius 1 is 1.32 bits per heavy atom. The van der Waals surface area contributed by atoms with Gasteiger partial charge in [-0.1, -0.05) is 0 Å². The Balaban J connectivity index is 1.83. The Kier molecular flexibility index (Phi) is 3.92. The number of piperidine rings is 1. The monoisotopic (exact) mass is 303 g/mol. The second kappa shape index (κ2) is 5.87. The highest BCUT2D eigenvalue weighted by atomic mass is 16.5. The third-order valence-corrected chi connectivity index (χ3v) is 4.19. The van der Waals surface area contributed by atoms with Crippen molar-refractivity contribution in [3.63, 3.8) is 0 Å². The van der Waals surface area contributed by atoms with Crippen LogP contribution in [0.1, 0.15) is 26.2 Å². The summed E-state index contributed by atoms with van der Waals surface area (Å²) in [6, 6.07) is 5.15. The van der Waals surface area contributed by atoms with Crippen LogP contribution >= 0.6 is 0 Å². The first-order valence-electron chi connectivity index (χ1n) is 7.71. The average Bonchev–Trinajstić information content (AvgIpc) is 2.53. The summed E-state index contributed by atoms with van der Waals surface area (Å²) in [5.41, 5.74) is 6.93. The van der Waals surface area contributed by atoms with Crippen LogP contribution in [0.2, 0.25) is 0 Å². The van der Waals surface area contributed by atoms with Gasteiger partial charge in [0.25, 0.3) is 5.91 Å². The van der Waals surface area contributed by atoms with Gasteiger partial charge in [0.2, 0.25) is 5.91 Å². The highest BCUT2D eigenvalue weighted by Gasteiger charge is 2.33. The first-order valence-corrected chi connectivity index (χ1v) is 7.71. The first-order chi connectivity index (χ1) is 10.6. The molecule has 0 saturated carbocycles. The van der Waals surface area contributed by atoms with E-state index in [0.29, 0.717) is 17.1 Å². The normalized spacial score (nSPS) is 21.3. The van der Waals surface area contributed by atoms with Gasteiger partial charge in [-0.3, -0.25) is 14.5 Å². The zero-order valence-corrected chi connectivity index (χ0v) is 12.7. The van der Waals surface area contributed by atoms with Crippen molar-refractivity contribution in [2.24, 2.45) is 0 Å². The van der Waals surface area contributed by atoms with Crippen LogP contribution in [0.5, 0.6) is 5.75 Å². The lowest BCUT2D eigenvalue weighted by atomic mass is 10.1. The number of ether oxygens (including phenoxy) is 1. The van der Waals surface area contributed by atoms with Crippen molar-refractivity contribution in [2.75, 3.05) is 30.3 Å². The van der Waals surface area contributed by atoms with Crippen molar-refractivity contribution in [3.8, 4) is 5.75 Å². The molecule has 2 heterocycles. The summed E-state index contributed by atoms with van der Waals surface area (Å²) in [6.07, 6.45) is 2.63. The molecule has 0 aromatic heterocycles. The summed E-state index contributed by atoms with van der Waals surface area (Å²) in [5, 5.41) is 0. The molecule has 0 spiro atoms. The SMILES string of the molecule is CC1Oc2ccc(N)cc2N(CC(=O)N2CCCCC2)C1=O. The van der Waals surface area contributed by atoms with Gasteiger partial charge in [0.1, 0.15) is 12.3 Å². The maximum Gasteiger partial charge on any atom is 0.268 e. The Morgan fingerprint density at radius 3 is 2.77 bits per heavy atom. The van der Waals surface area contributed by atoms with Crippen LogP contribution in [0.15, 0.2) is 18.2 Å². The smallest absolute Gasteiger partial charge is 0.268 e. The molecular weight excluding hydrogens is 282 g/mol. The highest BCUT2D eigenvalue weighted by Crippen LogP contribution is 2.35. The molecule has 0 bridgehead atoms. The van der Waals surface area contributed by atoms with Gasteiger partial charge in [0, 0.05) is 18.8 Å². The largest absolute Gasteiger partial charge is 0.479 e. The van der Waals surface area contributed by atoms with E-state index >= 15 is 0 Å². The van der Waals surface area contributed by atoms with E-state index in [1.807, 2.05) is 4.90 Å². The van der Waals surface area contributed by atoms with E-state index in [0.717, 1.165) is 32.4 Å². The van der Waals surface area contributed by atoms with Crippen molar-refractivity contribution in [3.05, 3.63) is 18.2 Å². The molecule has 1 unspecified atom stereocenters. The molecule has 1 saturated heterocycles. The molecule has 6 nitrogen and oxygen atoms in total. The molecule has 2 amide bonds. The average molecular weight is 303 g/mol. The zero-order chi connectivity index (χ0) is 15.7. The number of carbonyl (C=O) groups excluding carboxylic acids is 2. The van der Waals surface area contributed by atoms with Crippen LogP contribution in [-0.4, -0.2) is 42.5 Å². The van der Waals surface area contributed by atoms with Gasteiger partial charge in [-0.2, -0.15) is 0 Å². The summed E-state index contributed by atoms with van der Waals surface area (Å²) in [4.78, 5) is 28.2. The van der Waals surface area contributed by atoms with Crippen LogP contribution < -0.4 is 15.4 Å². The molecule has 2 N–H and O–H groups in total. The fraction of sp³-hybridized carbons (Fsp3) is 0.500. The van der Waals surface area contributed by atoms with Crippen molar-refractivity contribution < 1.29 is 14.3 Å². The molecule has 2 aliphatic heterocycles. The quantitative estimate of drug-likeness (QED) is 0.838. The minimum atomic E-state index is -0.592. The lowest BCUT2D eigenvalue weighted by Crippen LogP contribution is -2.50. The molecule has 0 aliphatic carbocycles. The first kappa shape index (κ1) is 14.7. The predicted octanol–water partition coefficient (Wildman–Crippen LogP) is 1.40. The number of fused-ring (bicyclic) bond motifs is 1. The zero-order valence-electron chi connectivity index (χ0n) is 12.7. The number of likely N-dealkylation sites (tertiary alicyclic amines) is 1. The van der Waals surface area contributed by atoms with Crippen LogP contribution in [0, 0.1) is 0 Å². The second-order valence-corrected chi connectivity index (χ2v) is 5.85. The number of nitrogens with zero attached hydrogens (tertiary/aromatic N) is 2. The minimum absolute atomic E-state index is 0.0180. The Hall–Kier alpha value is -2.24. The molecule has 22 heavy (non-hydrogen) atoms. The van der Waals surface area contributed by atoms with Crippen molar-refractivity contribution >= 4 is 23.2 Å². The van der Waals surface area contributed by atoms with E-state index in [1.165, 1.54) is 4.90 Å². The molecule has 2 aliphatic rings. The van der Waals surface area contributed by atoms with E-state index in [-0.39, 0.29) is 18.4 Å². The van der Waals surface area contributed by atoms with E-state index in [2.05, 4.69) is 0 Å². The third kappa shape index (κ3) is 2.73. The van der Waals surface area contributed by atoms with E-state index in [9.17, 15) is 9.59 Å². The Labute approximate surface area is 129 Å². The van der Waals surface area contributed by atoms with E-state index in [1.54, 1.807) is 25.1 Å². The maximum atomic E-state index is 12.5. The number of amides is 2. The van der Waals surface area contributed by atoms with E-state index in [4.69, 9.17) is 10.5 Å². The number of rotatable bonds is 2. The summed E-state index contributed by atoms with van der Waals surface area (Å²) < 4.78 is 5.58. The predicted molar refractivity (Wildman–Crippen MR) is 83.7 cm³/mol. The fourth-order valence-corrected chi connectivity index (χ4v) is 2.97. The number of nitrogens with two attached hydrogens (primary N) is 1. The lowest BCUT2D eigenvalue weighted by molar-refractivity contribution is -0.133. The van der Waals surface area contributed by atoms with Gasteiger partial charge in [0.05, 0.1) is 5.69 Å². The number of carbonyl (C=O) groups is 2. The summed E-state index contributed by atoms with van der Waals surface area (Å²) >= 11 is 0. The topological polar surface area (TPSA) is 75.9 Å². The molecular formula is C16H21N3O3. The van der Waals surface area contributed by atoms with Gasteiger partial charge in [-0.15, -0.1) is 0 Å². The minimum Gasteiger partial charge on any atom is -0.479 e. The molecule has 118 valence electrons. The molecule has 1 aromatic rings. The van der Waals surface area contributed by atoms with Crippen molar-refractivity contribution in [2.45, 2.75) is 32.3 Å². The van der Waals surface area contributed by atoms with Crippen molar-refractivity contribution in [1.29, 1.82) is 0 Å². The highest BCUT2D eigenvalue weighted by molar-refractivity contribution is 6.04. The van der Waals surface area contributed by atoms with Crippen LogP contribution in [0.4, 0.5) is 11.4 Å². The number of benzene rings is 1. The Bertz CT molecular complexity index is 596. The van der Waals surface area contributed by atoms with Gasteiger partial charge in [-0.25, -0.2) is 0 Å². The summed E-state index contributed by atoms with van der Waals surface area (Å²) in [6.45, 7) is 3.29. The van der Waals surface area contributed by atoms with E-state index < -0.39 is 6.10 Å². The molecule has 1 aromatic carbocycles. The molecule has 3 rings (SSSR count). The summed E-state index contributed by atoms with van der Waals surface area (Å²) in [7, 11) is 0. The van der Waals surface area contributed by atoms with Gasteiger partial charge >= 0.3 is 0 Å². The fourth-order valence-electron chi connectivity index (χ4n) is 2.97. The Morgan fingerprint density at radius 2 is 2.05 bits per heavy atom.